The molecule has 0 spiro atoms. The van der Waals surface area contributed by atoms with Gasteiger partial charge in [0, 0.05) is 45.8 Å². The van der Waals surface area contributed by atoms with E-state index in [9.17, 15) is 4.79 Å². The van der Waals surface area contributed by atoms with E-state index >= 15 is 0 Å². The number of amides is 1. The molecule has 140 valence electrons. The topological polar surface area (TPSA) is 75.2 Å². The first kappa shape index (κ1) is 20.5. The van der Waals surface area contributed by atoms with Crippen LogP contribution >= 0.6 is 0 Å². The fourth-order valence-electron chi connectivity index (χ4n) is 2.90. The molecule has 1 heterocycles. The first-order valence-corrected chi connectivity index (χ1v) is 8.89. The predicted octanol–water partition coefficient (Wildman–Crippen LogP) is 1.69. The van der Waals surface area contributed by atoms with Crippen LogP contribution in [0.2, 0.25) is 0 Å². The third kappa shape index (κ3) is 7.86. The van der Waals surface area contributed by atoms with Crippen LogP contribution in [0, 0.1) is 11.8 Å². The van der Waals surface area contributed by atoms with Crippen molar-refractivity contribution < 1.29 is 14.3 Å². The Bertz CT molecular complexity index is 395. The van der Waals surface area contributed by atoms with Crippen LogP contribution in [0.25, 0.3) is 0 Å². The maximum atomic E-state index is 11.7. The maximum absolute atomic E-state index is 11.7. The summed E-state index contributed by atoms with van der Waals surface area (Å²) in [6.45, 7) is 9.67. The van der Waals surface area contributed by atoms with E-state index in [1.54, 1.807) is 14.0 Å². The van der Waals surface area contributed by atoms with Crippen LogP contribution in [0.1, 0.15) is 33.6 Å². The zero-order valence-electron chi connectivity index (χ0n) is 15.8. The molecule has 1 aliphatic heterocycles. The van der Waals surface area contributed by atoms with Crippen molar-refractivity contribution in [2.45, 2.75) is 39.7 Å². The molecule has 0 saturated carbocycles. The highest BCUT2D eigenvalue weighted by atomic mass is 16.5. The monoisotopic (exact) mass is 342 g/mol. The second-order valence-electron chi connectivity index (χ2n) is 6.73. The molecule has 1 saturated heterocycles. The summed E-state index contributed by atoms with van der Waals surface area (Å²) in [6, 6.07) is 0.00372. The van der Waals surface area contributed by atoms with Crippen molar-refractivity contribution in [2.24, 2.45) is 16.8 Å². The van der Waals surface area contributed by atoms with Crippen LogP contribution < -0.4 is 10.6 Å². The van der Waals surface area contributed by atoms with Crippen molar-refractivity contribution in [2.75, 3.05) is 47.0 Å². The molecule has 1 aliphatic rings. The number of guanidine groups is 1. The largest absolute Gasteiger partial charge is 0.450 e. The summed E-state index contributed by atoms with van der Waals surface area (Å²) in [5, 5.41) is 6.28. The Balaban J connectivity index is 2.49. The van der Waals surface area contributed by atoms with Gasteiger partial charge in [-0.1, -0.05) is 13.8 Å². The van der Waals surface area contributed by atoms with Gasteiger partial charge >= 0.3 is 6.09 Å². The summed E-state index contributed by atoms with van der Waals surface area (Å²) in [7, 11) is 3.81. The van der Waals surface area contributed by atoms with E-state index < -0.39 is 0 Å². The van der Waals surface area contributed by atoms with Gasteiger partial charge in [-0.25, -0.2) is 4.79 Å². The van der Waals surface area contributed by atoms with Gasteiger partial charge in [0.05, 0.1) is 13.2 Å². The highest BCUT2D eigenvalue weighted by molar-refractivity contribution is 5.79. The van der Waals surface area contributed by atoms with Crippen LogP contribution in [0.15, 0.2) is 4.99 Å². The van der Waals surface area contributed by atoms with E-state index in [2.05, 4.69) is 34.4 Å². The van der Waals surface area contributed by atoms with E-state index in [-0.39, 0.29) is 12.1 Å². The van der Waals surface area contributed by atoms with Crippen molar-refractivity contribution in [3.05, 3.63) is 0 Å². The lowest BCUT2D eigenvalue weighted by atomic mass is 10.0. The van der Waals surface area contributed by atoms with Gasteiger partial charge in [-0.3, -0.25) is 4.99 Å². The molecule has 2 atom stereocenters. The summed E-state index contributed by atoms with van der Waals surface area (Å²) in [4.78, 5) is 18.2. The van der Waals surface area contributed by atoms with Gasteiger partial charge in [0.25, 0.3) is 0 Å². The van der Waals surface area contributed by atoms with Crippen LogP contribution in [-0.4, -0.2) is 70.0 Å². The SMILES string of the molecule is CCOC(=O)NC(CNC(=NC)N(C)CC1CCOC1)CC(C)C. The van der Waals surface area contributed by atoms with Gasteiger partial charge in [0.1, 0.15) is 0 Å². The van der Waals surface area contributed by atoms with Gasteiger partial charge in [-0.05, 0) is 25.7 Å². The molecule has 2 N–H and O–H groups in total. The molecule has 0 aliphatic carbocycles. The number of nitrogens with one attached hydrogen (secondary N) is 2. The Kier molecular flexibility index (Phi) is 9.52. The van der Waals surface area contributed by atoms with E-state index in [0.717, 1.165) is 38.6 Å². The molecular weight excluding hydrogens is 308 g/mol. The molecule has 7 nitrogen and oxygen atoms in total. The zero-order chi connectivity index (χ0) is 17.9. The minimum atomic E-state index is -0.364. The lowest BCUT2D eigenvalue weighted by molar-refractivity contribution is 0.146. The number of alkyl carbamates (subject to hydrolysis) is 1. The molecule has 0 aromatic carbocycles. The Morgan fingerprint density at radius 1 is 1.46 bits per heavy atom. The molecule has 1 fully saturated rings. The van der Waals surface area contributed by atoms with Gasteiger partial charge in [0.15, 0.2) is 5.96 Å². The Morgan fingerprint density at radius 2 is 2.21 bits per heavy atom. The Hall–Kier alpha value is -1.50. The molecule has 2 unspecified atom stereocenters. The number of rotatable bonds is 8. The van der Waals surface area contributed by atoms with Gasteiger partial charge in [0.2, 0.25) is 0 Å². The number of ether oxygens (including phenoxy) is 2. The molecule has 24 heavy (non-hydrogen) atoms. The summed E-state index contributed by atoms with van der Waals surface area (Å²) < 4.78 is 10.4. The third-order valence-corrected chi connectivity index (χ3v) is 3.99. The van der Waals surface area contributed by atoms with Crippen molar-refractivity contribution >= 4 is 12.1 Å². The van der Waals surface area contributed by atoms with Crippen LogP contribution in [0.5, 0.6) is 0 Å². The summed E-state index contributed by atoms with van der Waals surface area (Å²) in [5.41, 5.74) is 0. The number of hydrogen-bond acceptors (Lipinski definition) is 4. The van der Waals surface area contributed by atoms with E-state index in [1.807, 2.05) is 7.05 Å². The van der Waals surface area contributed by atoms with Crippen molar-refractivity contribution in [3.8, 4) is 0 Å². The fraction of sp³-hybridized carbons (Fsp3) is 0.882. The number of carbonyl (C=O) groups is 1. The van der Waals surface area contributed by atoms with E-state index in [1.165, 1.54) is 0 Å². The number of aliphatic imine (C=N–C) groups is 1. The van der Waals surface area contributed by atoms with Crippen LogP contribution in [0.3, 0.4) is 0 Å². The van der Waals surface area contributed by atoms with Gasteiger partial charge < -0.3 is 25.0 Å². The average Bonchev–Trinajstić information content (AvgIpc) is 3.00. The highest BCUT2D eigenvalue weighted by Crippen LogP contribution is 2.13. The van der Waals surface area contributed by atoms with Crippen molar-refractivity contribution in [1.82, 2.24) is 15.5 Å². The molecule has 0 aromatic rings. The Labute approximate surface area is 146 Å². The van der Waals surface area contributed by atoms with Crippen molar-refractivity contribution in [1.29, 1.82) is 0 Å². The quantitative estimate of drug-likeness (QED) is 0.519. The number of hydrogen-bond donors (Lipinski definition) is 2. The lowest BCUT2D eigenvalue weighted by Crippen LogP contribution is -2.48. The minimum absolute atomic E-state index is 0.00372. The summed E-state index contributed by atoms with van der Waals surface area (Å²) in [6.07, 6.45) is 1.61. The molecule has 0 aromatic heterocycles. The van der Waals surface area contributed by atoms with Gasteiger partial charge in [-0.2, -0.15) is 0 Å². The first-order chi connectivity index (χ1) is 11.5. The zero-order valence-corrected chi connectivity index (χ0v) is 15.8. The third-order valence-electron chi connectivity index (χ3n) is 3.99. The van der Waals surface area contributed by atoms with E-state index in [0.29, 0.717) is 25.0 Å². The standard InChI is InChI=1S/C17H34N4O3/c1-6-24-17(22)20-15(9-13(2)3)10-19-16(18-4)21(5)11-14-7-8-23-12-14/h13-15H,6-12H2,1-5H3,(H,18,19)(H,20,22). The first-order valence-electron chi connectivity index (χ1n) is 8.89. The smallest absolute Gasteiger partial charge is 0.407 e. The van der Waals surface area contributed by atoms with Gasteiger partial charge in [-0.15, -0.1) is 0 Å². The summed E-state index contributed by atoms with van der Waals surface area (Å²) in [5.74, 6) is 1.87. The highest BCUT2D eigenvalue weighted by Gasteiger charge is 2.20. The van der Waals surface area contributed by atoms with E-state index in [4.69, 9.17) is 9.47 Å². The minimum Gasteiger partial charge on any atom is -0.450 e. The van der Waals surface area contributed by atoms with Crippen LogP contribution in [-0.2, 0) is 9.47 Å². The lowest BCUT2D eigenvalue weighted by Gasteiger charge is -2.27. The second kappa shape index (κ2) is 11.1. The molecule has 0 radical (unpaired) electrons. The summed E-state index contributed by atoms with van der Waals surface area (Å²) >= 11 is 0. The number of nitrogens with zero attached hydrogens (tertiary/aromatic N) is 2. The van der Waals surface area contributed by atoms with Crippen molar-refractivity contribution in [3.63, 3.8) is 0 Å². The van der Waals surface area contributed by atoms with Crippen LogP contribution in [0.4, 0.5) is 4.79 Å². The number of carbonyl (C=O) groups excluding carboxylic acids is 1. The second-order valence-corrected chi connectivity index (χ2v) is 6.73. The normalized spacial score (nSPS) is 19.2. The average molecular weight is 342 g/mol. The Morgan fingerprint density at radius 3 is 2.75 bits per heavy atom. The molecule has 7 heteroatoms. The fourth-order valence-corrected chi connectivity index (χ4v) is 2.90. The molecule has 0 bridgehead atoms. The predicted molar refractivity (Wildman–Crippen MR) is 96.3 cm³/mol. The molecular formula is C17H34N4O3. The molecule has 1 rings (SSSR count). The maximum Gasteiger partial charge on any atom is 0.407 e. The molecule has 1 amide bonds.